The smallest absolute Gasteiger partial charge is 0.253 e. The fourth-order valence-corrected chi connectivity index (χ4v) is 3.83. The van der Waals surface area contributed by atoms with Crippen LogP contribution in [0.25, 0.3) is 5.65 Å². The standard InChI is InChI=1S/C21H22ClN5O2/c1-14(19-25-24-18-6-2-3-12-27(18)19)23-20(28)16-5-4-11-26(13-16)21(29)15-7-9-17(22)10-8-15/h2-3,6-10,12,14,16H,4-5,11,13H2,1H3,(H,23,28). The van der Waals surface area contributed by atoms with E-state index in [0.717, 1.165) is 18.5 Å². The van der Waals surface area contributed by atoms with Crippen molar-refractivity contribution in [3.8, 4) is 0 Å². The number of carbonyl (C=O) groups is 2. The number of nitrogens with one attached hydrogen (secondary N) is 1. The van der Waals surface area contributed by atoms with Crippen LogP contribution < -0.4 is 5.32 Å². The molecule has 2 unspecified atom stereocenters. The summed E-state index contributed by atoms with van der Waals surface area (Å²) in [5, 5.41) is 12.0. The molecule has 7 nitrogen and oxygen atoms in total. The molecule has 8 heteroatoms. The fraction of sp³-hybridized carbons (Fsp3) is 0.333. The SMILES string of the molecule is CC(NC(=O)C1CCCN(C(=O)c2ccc(Cl)cc2)C1)c1nnc2ccccn12. The van der Waals surface area contributed by atoms with Gasteiger partial charge in [-0.1, -0.05) is 17.7 Å². The Morgan fingerprint density at radius 3 is 2.76 bits per heavy atom. The van der Waals surface area contributed by atoms with Gasteiger partial charge in [0.2, 0.25) is 5.91 Å². The lowest BCUT2D eigenvalue weighted by Crippen LogP contribution is -2.46. The van der Waals surface area contributed by atoms with Gasteiger partial charge in [-0.3, -0.25) is 14.0 Å². The van der Waals surface area contributed by atoms with Crippen LogP contribution in [0.3, 0.4) is 0 Å². The van der Waals surface area contributed by atoms with Crippen molar-refractivity contribution >= 4 is 29.1 Å². The molecule has 0 aliphatic carbocycles. The summed E-state index contributed by atoms with van der Waals surface area (Å²) in [6.07, 6.45) is 3.42. The van der Waals surface area contributed by atoms with Crippen molar-refractivity contribution in [2.75, 3.05) is 13.1 Å². The molecule has 150 valence electrons. The van der Waals surface area contributed by atoms with E-state index in [2.05, 4.69) is 15.5 Å². The number of amides is 2. The number of carbonyl (C=O) groups excluding carboxylic acids is 2. The van der Waals surface area contributed by atoms with Gasteiger partial charge in [-0.05, 0) is 56.2 Å². The number of benzene rings is 1. The van der Waals surface area contributed by atoms with Crippen molar-refractivity contribution < 1.29 is 9.59 Å². The van der Waals surface area contributed by atoms with Gasteiger partial charge in [0.05, 0.1) is 12.0 Å². The number of aromatic nitrogens is 3. The predicted octanol–water partition coefficient (Wildman–Crippen LogP) is 3.11. The maximum Gasteiger partial charge on any atom is 0.253 e. The maximum atomic E-state index is 12.9. The van der Waals surface area contributed by atoms with Crippen LogP contribution in [0.5, 0.6) is 0 Å². The molecule has 1 aromatic carbocycles. The second kappa shape index (κ2) is 8.21. The van der Waals surface area contributed by atoms with E-state index >= 15 is 0 Å². The highest BCUT2D eigenvalue weighted by molar-refractivity contribution is 6.30. The molecule has 1 aliphatic rings. The first kappa shape index (κ1) is 19.4. The normalized spacial score (nSPS) is 17.9. The molecule has 2 amide bonds. The Labute approximate surface area is 173 Å². The molecule has 0 spiro atoms. The summed E-state index contributed by atoms with van der Waals surface area (Å²) in [6.45, 7) is 2.94. The van der Waals surface area contributed by atoms with Gasteiger partial charge < -0.3 is 10.2 Å². The van der Waals surface area contributed by atoms with Crippen molar-refractivity contribution in [1.82, 2.24) is 24.8 Å². The molecule has 1 fully saturated rings. The molecule has 1 saturated heterocycles. The van der Waals surface area contributed by atoms with Gasteiger partial charge in [0.25, 0.3) is 5.91 Å². The van der Waals surface area contributed by atoms with Gasteiger partial charge in [0.15, 0.2) is 11.5 Å². The highest BCUT2D eigenvalue weighted by atomic mass is 35.5. The maximum absolute atomic E-state index is 12.9. The molecule has 3 aromatic rings. The van der Waals surface area contributed by atoms with Gasteiger partial charge in [-0.25, -0.2) is 0 Å². The third-order valence-corrected chi connectivity index (χ3v) is 5.51. The van der Waals surface area contributed by atoms with Crippen molar-refractivity contribution in [3.63, 3.8) is 0 Å². The first-order valence-corrected chi connectivity index (χ1v) is 10.1. The summed E-state index contributed by atoms with van der Waals surface area (Å²) in [4.78, 5) is 27.4. The molecular formula is C21H22ClN5O2. The van der Waals surface area contributed by atoms with E-state index in [9.17, 15) is 9.59 Å². The van der Waals surface area contributed by atoms with Crippen LogP contribution in [0.4, 0.5) is 0 Å². The largest absolute Gasteiger partial charge is 0.346 e. The molecule has 0 saturated carbocycles. The van der Waals surface area contributed by atoms with Crippen LogP contribution in [0, 0.1) is 5.92 Å². The number of halogens is 1. The summed E-state index contributed by atoms with van der Waals surface area (Å²) < 4.78 is 1.86. The summed E-state index contributed by atoms with van der Waals surface area (Å²) in [6, 6.07) is 12.2. The van der Waals surface area contributed by atoms with Gasteiger partial charge in [0.1, 0.15) is 0 Å². The Kier molecular flexibility index (Phi) is 5.49. The molecule has 29 heavy (non-hydrogen) atoms. The van der Waals surface area contributed by atoms with Crippen LogP contribution in [0.1, 0.15) is 42.0 Å². The number of pyridine rings is 1. The molecule has 0 radical (unpaired) electrons. The molecule has 2 aromatic heterocycles. The first-order chi connectivity index (χ1) is 14.0. The summed E-state index contributed by atoms with van der Waals surface area (Å²) >= 11 is 5.90. The Bertz CT molecular complexity index is 1030. The Hall–Kier alpha value is -2.93. The fourth-order valence-electron chi connectivity index (χ4n) is 3.70. The molecule has 0 bridgehead atoms. The monoisotopic (exact) mass is 411 g/mol. The summed E-state index contributed by atoms with van der Waals surface area (Å²) in [5.74, 6) is 0.287. The molecule has 4 rings (SSSR count). The zero-order chi connectivity index (χ0) is 20.4. The van der Waals surface area contributed by atoms with Crippen LogP contribution in [0.2, 0.25) is 5.02 Å². The van der Waals surface area contributed by atoms with E-state index in [1.165, 1.54) is 0 Å². The van der Waals surface area contributed by atoms with Crippen LogP contribution in [-0.2, 0) is 4.79 Å². The Morgan fingerprint density at radius 2 is 1.97 bits per heavy atom. The number of piperidine rings is 1. The minimum Gasteiger partial charge on any atom is -0.346 e. The average Bonchev–Trinajstić information content (AvgIpc) is 3.18. The minimum atomic E-state index is -0.290. The molecule has 3 heterocycles. The van der Waals surface area contributed by atoms with Gasteiger partial charge in [0, 0.05) is 29.9 Å². The summed E-state index contributed by atoms with van der Waals surface area (Å²) in [7, 11) is 0. The number of nitrogens with zero attached hydrogens (tertiary/aromatic N) is 4. The Morgan fingerprint density at radius 1 is 1.17 bits per heavy atom. The van der Waals surface area contributed by atoms with E-state index < -0.39 is 0 Å². The zero-order valence-corrected chi connectivity index (χ0v) is 16.8. The van der Waals surface area contributed by atoms with Crippen molar-refractivity contribution in [1.29, 1.82) is 0 Å². The van der Waals surface area contributed by atoms with E-state index in [4.69, 9.17) is 11.6 Å². The molecular weight excluding hydrogens is 390 g/mol. The lowest BCUT2D eigenvalue weighted by atomic mass is 9.96. The quantitative estimate of drug-likeness (QED) is 0.715. The number of rotatable bonds is 4. The topological polar surface area (TPSA) is 79.6 Å². The van der Waals surface area contributed by atoms with E-state index in [0.29, 0.717) is 29.5 Å². The van der Waals surface area contributed by atoms with Crippen LogP contribution in [0.15, 0.2) is 48.7 Å². The average molecular weight is 412 g/mol. The predicted molar refractivity (Wildman–Crippen MR) is 110 cm³/mol. The molecule has 1 aliphatic heterocycles. The number of fused-ring (bicyclic) bond motifs is 1. The highest BCUT2D eigenvalue weighted by Crippen LogP contribution is 2.21. The van der Waals surface area contributed by atoms with Gasteiger partial charge in [-0.2, -0.15) is 0 Å². The highest BCUT2D eigenvalue weighted by Gasteiger charge is 2.30. The van der Waals surface area contributed by atoms with Gasteiger partial charge in [-0.15, -0.1) is 10.2 Å². The number of hydrogen-bond donors (Lipinski definition) is 1. The second-order valence-electron chi connectivity index (χ2n) is 7.31. The van der Waals surface area contributed by atoms with E-state index in [1.54, 1.807) is 29.2 Å². The number of hydrogen-bond acceptors (Lipinski definition) is 4. The second-order valence-corrected chi connectivity index (χ2v) is 7.75. The first-order valence-electron chi connectivity index (χ1n) is 9.68. The van der Waals surface area contributed by atoms with Gasteiger partial charge >= 0.3 is 0 Å². The summed E-state index contributed by atoms with van der Waals surface area (Å²) in [5.41, 5.74) is 1.32. The third-order valence-electron chi connectivity index (χ3n) is 5.26. The van der Waals surface area contributed by atoms with Crippen molar-refractivity contribution in [2.24, 2.45) is 5.92 Å². The molecule has 2 atom stereocenters. The minimum absolute atomic E-state index is 0.0706. The van der Waals surface area contributed by atoms with E-state index in [-0.39, 0.29) is 23.8 Å². The lowest BCUT2D eigenvalue weighted by Gasteiger charge is -2.32. The third kappa shape index (κ3) is 4.10. The Balaban J connectivity index is 1.42. The lowest BCUT2D eigenvalue weighted by molar-refractivity contribution is -0.127. The molecule has 1 N–H and O–H groups in total. The number of likely N-dealkylation sites (tertiary alicyclic amines) is 1. The van der Waals surface area contributed by atoms with Crippen LogP contribution in [-0.4, -0.2) is 44.4 Å². The van der Waals surface area contributed by atoms with E-state index in [1.807, 2.05) is 35.7 Å². The van der Waals surface area contributed by atoms with Crippen LogP contribution >= 0.6 is 11.6 Å². The van der Waals surface area contributed by atoms with Crippen molar-refractivity contribution in [3.05, 3.63) is 65.1 Å². The van der Waals surface area contributed by atoms with Crippen molar-refractivity contribution in [2.45, 2.75) is 25.8 Å². The zero-order valence-electron chi connectivity index (χ0n) is 16.1.